The molecule has 1 atom stereocenters. The van der Waals surface area contributed by atoms with Crippen molar-refractivity contribution < 1.29 is 4.74 Å². The maximum Gasteiger partial charge on any atom is 0.123 e. The fourth-order valence-corrected chi connectivity index (χ4v) is 4.89. The van der Waals surface area contributed by atoms with Gasteiger partial charge in [0, 0.05) is 41.8 Å². The molecule has 1 aliphatic heterocycles. The van der Waals surface area contributed by atoms with Gasteiger partial charge in [-0.2, -0.15) is 0 Å². The number of nitrogens with zero attached hydrogens (tertiary/aromatic N) is 4. The van der Waals surface area contributed by atoms with Gasteiger partial charge in [0.2, 0.25) is 0 Å². The van der Waals surface area contributed by atoms with Crippen LogP contribution in [-0.4, -0.2) is 49.9 Å². The number of fused-ring (bicyclic) bond motifs is 1. The van der Waals surface area contributed by atoms with Crippen molar-refractivity contribution >= 4 is 10.9 Å². The van der Waals surface area contributed by atoms with Crippen LogP contribution in [0.25, 0.3) is 16.6 Å². The van der Waals surface area contributed by atoms with E-state index >= 15 is 0 Å². The number of aryl methyl sites for hydroxylation is 1. The Hall–Kier alpha value is -3.38. The van der Waals surface area contributed by atoms with E-state index in [1.54, 1.807) is 12.7 Å². The third-order valence-electron chi connectivity index (χ3n) is 6.53. The van der Waals surface area contributed by atoms with E-state index in [4.69, 9.17) is 4.74 Å². The Morgan fingerprint density at radius 2 is 1.91 bits per heavy atom. The minimum Gasteiger partial charge on any atom is -0.496 e. The van der Waals surface area contributed by atoms with Crippen molar-refractivity contribution in [2.24, 2.45) is 0 Å². The summed E-state index contributed by atoms with van der Waals surface area (Å²) in [6.07, 6.45) is 12.4. The molecular weight excluding hydrogens is 422 g/mol. The minimum atomic E-state index is 0.222. The number of rotatable bonds is 9. The fraction of sp³-hybridized carbons (Fsp3) is 0.357. The van der Waals surface area contributed by atoms with Gasteiger partial charge in [-0.1, -0.05) is 30.3 Å². The fourth-order valence-electron chi connectivity index (χ4n) is 4.89. The summed E-state index contributed by atoms with van der Waals surface area (Å²) in [5.74, 6) is 1.14. The highest BCUT2D eigenvalue weighted by molar-refractivity contribution is 5.85. The average molecular weight is 456 g/mol. The molecule has 0 aliphatic carbocycles. The maximum absolute atomic E-state index is 6.08. The summed E-state index contributed by atoms with van der Waals surface area (Å²) < 4.78 is 8.03. The molecule has 6 nitrogen and oxygen atoms in total. The van der Waals surface area contributed by atoms with Crippen molar-refractivity contribution in [2.75, 3.05) is 13.1 Å². The van der Waals surface area contributed by atoms with Crippen LogP contribution in [0.5, 0.6) is 0 Å². The number of hydrogen-bond acceptors (Lipinski definition) is 4. The molecule has 0 amide bonds. The van der Waals surface area contributed by atoms with E-state index in [9.17, 15) is 0 Å². The molecule has 1 unspecified atom stereocenters. The van der Waals surface area contributed by atoms with Gasteiger partial charge < -0.3 is 9.72 Å². The van der Waals surface area contributed by atoms with Gasteiger partial charge >= 0.3 is 0 Å². The molecule has 0 saturated heterocycles. The topological polar surface area (TPSA) is 59.0 Å². The monoisotopic (exact) mass is 455 g/mol. The van der Waals surface area contributed by atoms with Gasteiger partial charge in [-0.25, -0.2) is 0 Å². The van der Waals surface area contributed by atoms with E-state index in [1.165, 1.54) is 22.0 Å². The Kier molecular flexibility index (Phi) is 6.77. The Bertz CT molecular complexity index is 1230. The zero-order chi connectivity index (χ0) is 23.3. The van der Waals surface area contributed by atoms with Crippen LogP contribution in [0.15, 0.2) is 79.2 Å². The van der Waals surface area contributed by atoms with E-state index in [1.807, 2.05) is 4.57 Å². The third kappa shape index (κ3) is 5.23. The summed E-state index contributed by atoms with van der Waals surface area (Å²) in [5.41, 5.74) is 4.99. The van der Waals surface area contributed by atoms with E-state index < -0.39 is 0 Å². The molecule has 34 heavy (non-hydrogen) atoms. The van der Waals surface area contributed by atoms with Crippen LogP contribution in [0.1, 0.15) is 37.8 Å². The van der Waals surface area contributed by atoms with Gasteiger partial charge in [0.15, 0.2) is 0 Å². The van der Waals surface area contributed by atoms with Crippen LogP contribution >= 0.6 is 0 Å². The van der Waals surface area contributed by atoms with E-state index in [2.05, 4.69) is 94.7 Å². The molecule has 0 radical (unpaired) electrons. The first-order chi connectivity index (χ1) is 16.7. The Labute approximate surface area is 201 Å². The van der Waals surface area contributed by atoms with Crippen molar-refractivity contribution in [3.8, 4) is 5.69 Å². The predicted octanol–water partition coefficient (Wildman–Crippen LogP) is 5.31. The van der Waals surface area contributed by atoms with Crippen molar-refractivity contribution in [2.45, 2.75) is 51.7 Å². The van der Waals surface area contributed by atoms with Gasteiger partial charge in [-0.15, -0.1) is 10.2 Å². The van der Waals surface area contributed by atoms with Crippen molar-refractivity contribution in [3.05, 3.63) is 90.3 Å². The molecule has 1 aliphatic rings. The SMILES string of the molecule is CC(C)OC1=CC(Cc2ccccc2)N(CCCc2c[nH]c3ccc(-n4cnnc4)cc23)CC1. The van der Waals surface area contributed by atoms with Gasteiger partial charge in [0.05, 0.1) is 11.9 Å². The van der Waals surface area contributed by atoms with Crippen molar-refractivity contribution in [1.29, 1.82) is 0 Å². The van der Waals surface area contributed by atoms with Gasteiger partial charge in [0.25, 0.3) is 0 Å². The molecule has 3 heterocycles. The Morgan fingerprint density at radius 3 is 2.71 bits per heavy atom. The normalized spacial score (nSPS) is 16.8. The molecule has 4 aromatic rings. The minimum absolute atomic E-state index is 0.222. The smallest absolute Gasteiger partial charge is 0.123 e. The van der Waals surface area contributed by atoms with Crippen LogP contribution in [0, 0.1) is 0 Å². The van der Waals surface area contributed by atoms with Crippen LogP contribution in [0.2, 0.25) is 0 Å². The molecule has 0 fully saturated rings. The van der Waals surface area contributed by atoms with Gasteiger partial charge in [-0.05, 0) is 75.1 Å². The van der Waals surface area contributed by atoms with Crippen LogP contribution in [0.3, 0.4) is 0 Å². The van der Waals surface area contributed by atoms with E-state index in [-0.39, 0.29) is 6.10 Å². The Morgan fingerprint density at radius 1 is 1.09 bits per heavy atom. The molecule has 0 spiro atoms. The van der Waals surface area contributed by atoms with Crippen LogP contribution in [0.4, 0.5) is 0 Å². The highest BCUT2D eigenvalue weighted by Crippen LogP contribution is 2.25. The van der Waals surface area contributed by atoms with Gasteiger partial charge in [0.1, 0.15) is 12.7 Å². The second-order valence-corrected chi connectivity index (χ2v) is 9.36. The average Bonchev–Trinajstić information content (AvgIpc) is 3.51. The quantitative estimate of drug-likeness (QED) is 0.372. The van der Waals surface area contributed by atoms with Crippen molar-refractivity contribution in [1.82, 2.24) is 24.6 Å². The van der Waals surface area contributed by atoms with E-state index in [0.29, 0.717) is 6.04 Å². The summed E-state index contributed by atoms with van der Waals surface area (Å²) in [6, 6.07) is 17.6. The molecule has 6 heteroatoms. The summed E-state index contributed by atoms with van der Waals surface area (Å²) in [6.45, 7) is 6.33. The number of aromatic nitrogens is 4. The molecular formula is C28H33N5O. The molecule has 2 aromatic carbocycles. The number of hydrogen-bond donors (Lipinski definition) is 1. The molecule has 0 saturated carbocycles. The zero-order valence-corrected chi connectivity index (χ0v) is 20.0. The lowest BCUT2D eigenvalue weighted by atomic mass is 9.99. The first kappa shape index (κ1) is 22.4. The van der Waals surface area contributed by atoms with Crippen LogP contribution < -0.4 is 0 Å². The lowest BCUT2D eigenvalue weighted by Crippen LogP contribution is -2.40. The lowest BCUT2D eigenvalue weighted by Gasteiger charge is -2.35. The highest BCUT2D eigenvalue weighted by atomic mass is 16.5. The number of aromatic amines is 1. The Balaban J connectivity index is 1.27. The zero-order valence-electron chi connectivity index (χ0n) is 20.0. The third-order valence-corrected chi connectivity index (χ3v) is 6.53. The summed E-state index contributed by atoms with van der Waals surface area (Å²) in [4.78, 5) is 6.06. The summed E-state index contributed by atoms with van der Waals surface area (Å²) in [7, 11) is 0. The van der Waals surface area contributed by atoms with Crippen molar-refractivity contribution in [3.63, 3.8) is 0 Å². The first-order valence-electron chi connectivity index (χ1n) is 12.3. The number of nitrogens with one attached hydrogen (secondary N) is 1. The molecule has 5 rings (SSSR count). The lowest BCUT2D eigenvalue weighted by molar-refractivity contribution is 0.110. The number of benzene rings is 2. The maximum atomic E-state index is 6.08. The molecule has 2 aromatic heterocycles. The summed E-state index contributed by atoms with van der Waals surface area (Å²) in [5, 5.41) is 9.14. The highest BCUT2D eigenvalue weighted by Gasteiger charge is 2.23. The predicted molar refractivity (Wildman–Crippen MR) is 136 cm³/mol. The second-order valence-electron chi connectivity index (χ2n) is 9.36. The molecule has 1 N–H and O–H groups in total. The molecule has 176 valence electrons. The number of H-pyrrole nitrogens is 1. The van der Waals surface area contributed by atoms with E-state index in [0.717, 1.165) is 50.2 Å². The first-order valence-corrected chi connectivity index (χ1v) is 12.3. The van der Waals surface area contributed by atoms with Gasteiger partial charge in [-0.3, -0.25) is 9.47 Å². The molecule has 0 bridgehead atoms. The second kappa shape index (κ2) is 10.3. The summed E-state index contributed by atoms with van der Waals surface area (Å²) >= 11 is 0. The standard InChI is InChI=1S/C28H33N5O/c1-21(2)34-26-12-14-32(25(16-26)15-22-7-4-3-5-8-22)13-6-9-23-18-29-28-11-10-24(17-27(23)28)33-19-30-31-20-33/h3-5,7-8,10-11,16-21,25,29H,6,9,12-15H2,1-2H3. The largest absolute Gasteiger partial charge is 0.496 e. The number of ether oxygens (including phenoxy) is 1. The van der Waals surface area contributed by atoms with Crippen LogP contribution in [-0.2, 0) is 17.6 Å².